The Labute approximate surface area is 790 Å². The maximum Gasteiger partial charge on any atom is 0.306 e. The Balaban J connectivity index is 0.00000103. The predicted octanol–water partition coefficient (Wildman–Crippen LogP) is 13.8. The third-order valence-electron chi connectivity index (χ3n) is 21.7. The number of aryl methyl sites for hydroxylation is 2. The molecular formula is C94H166N14O24S. The summed E-state index contributed by atoms with van der Waals surface area (Å²) >= 11 is 0. The van der Waals surface area contributed by atoms with Crippen LogP contribution in [-0.2, 0) is 118 Å². The number of aliphatic carboxylic acids is 2. The van der Waals surface area contributed by atoms with E-state index in [0.717, 1.165) is 114 Å². The van der Waals surface area contributed by atoms with E-state index < -0.39 is 39.7 Å². The zero-order chi connectivity index (χ0) is 97.2. The molecule has 133 heavy (non-hydrogen) atoms. The third-order valence-corrected chi connectivity index (χ3v) is 23.0. The van der Waals surface area contributed by atoms with Gasteiger partial charge in [0.1, 0.15) is 50.3 Å². The van der Waals surface area contributed by atoms with Crippen LogP contribution in [0.4, 0.5) is 0 Å². The minimum absolute atomic E-state index is 0.00763. The molecule has 39 heteroatoms. The van der Waals surface area contributed by atoms with Crippen LogP contribution in [0.3, 0.4) is 0 Å². The van der Waals surface area contributed by atoms with Gasteiger partial charge in [0.15, 0.2) is 34.8 Å². The third kappa shape index (κ3) is 86.7. The van der Waals surface area contributed by atoms with Gasteiger partial charge < -0.3 is 63.5 Å². The summed E-state index contributed by atoms with van der Waals surface area (Å²) in [7, 11) is -3.78. The highest BCUT2D eigenvalue weighted by Crippen LogP contribution is 2.21. The molecule has 0 saturated carbocycles. The molecule has 1 aliphatic rings. The number of hydrogen-bond acceptors (Lipinski definition) is 31. The fourth-order valence-corrected chi connectivity index (χ4v) is 15.2. The van der Waals surface area contributed by atoms with Gasteiger partial charge in [-0.1, -0.05) is 203 Å². The van der Waals surface area contributed by atoms with Gasteiger partial charge in [0.2, 0.25) is 27.7 Å². The summed E-state index contributed by atoms with van der Waals surface area (Å²) in [6.45, 7) is 9.44. The Kier molecular flexibility index (Phi) is 82.6. The number of tetrazole rings is 2. The first kappa shape index (κ1) is 123. The first-order chi connectivity index (χ1) is 64.4. The van der Waals surface area contributed by atoms with Gasteiger partial charge in [0, 0.05) is 103 Å². The van der Waals surface area contributed by atoms with Crippen LogP contribution in [0.5, 0.6) is 0 Å². The van der Waals surface area contributed by atoms with Gasteiger partial charge in [-0.2, -0.15) is 15.5 Å². The fraction of sp³-hybridized carbons (Fsp3) is 0.840. The highest BCUT2D eigenvalue weighted by atomic mass is 32.2. The molecule has 0 fully saturated rings. The molecule has 0 aliphatic carbocycles. The molecule has 0 unspecified atom stereocenters. The lowest BCUT2D eigenvalue weighted by Gasteiger charge is -2.12. The molecule has 0 radical (unpaired) electrons. The molecule has 1 aliphatic heterocycles. The Bertz CT molecular complexity index is 3510. The molecule has 3 rings (SSSR count). The number of amides is 3. The van der Waals surface area contributed by atoms with Crippen LogP contribution in [0.2, 0.25) is 0 Å². The van der Waals surface area contributed by atoms with Crippen molar-refractivity contribution in [2.75, 3.05) is 131 Å². The molecule has 3 amide bonds. The molecular weight excluding hydrogens is 1740 g/mol. The van der Waals surface area contributed by atoms with Gasteiger partial charge in [0.05, 0.1) is 89.4 Å². The van der Waals surface area contributed by atoms with E-state index in [1.807, 2.05) is 0 Å². The lowest BCUT2D eigenvalue weighted by molar-refractivity contribution is -0.144. The van der Waals surface area contributed by atoms with Crippen molar-refractivity contribution in [3.63, 3.8) is 0 Å². The number of Topliss-reactive ketones (excluding diaryl/α,β-unsaturated/α-hetero) is 7. The number of carboxylic acids is 2. The number of carboxylic acid groups (broad SMARTS) is 2. The maximum atomic E-state index is 12.4. The number of rotatable bonds is 96. The number of hydrogen-bond donors (Lipinski definition) is 7. The van der Waals surface area contributed by atoms with E-state index in [2.05, 4.69) is 72.0 Å². The van der Waals surface area contributed by atoms with E-state index in [9.17, 15) is 76.2 Å². The van der Waals surface area contributed by atoms with E-state index >= 15 is 0 Å². The number of carbonyl (C=O) groups excluding carboxylic acids is 10. The Hall–Kier alpha value is -7.92. The summed E-state index contributed by atoms with van der Waals surface area (Å²) in [6.07, 6.45) is 48.0. The standard InChI is InChI=1S/C36H63N5O10.C35H63N5O10S.C23H40N4O4/c1-30(42)28-50-25-23-48-21-14-16-33(44)29-51-26-24-49-22-20-37-35(45)19-18-31(36(46)47)27-32(43)15-12-10-8-6-4-2-3-5-7-9-11-13-17-34-38-40-41-39-34;1-31(41)29-49-25-23-47-21-14-17-33(42)30-50-26-24-48-22-20-36-34(43)19-15-27-51(45,46)39-35(44)18-13-11-9-7-5-3-2-4-6-8-10-12-16-32-28-37-40-38-32;1-19(28)16-17-20(23(30)31)18-21(29)14-12-10-8-6-4-2-3-5-7-9-11-13-15-22-24-26-27-25-22/h31H,2-29H2,1H3,(H,37,45)(H,46,47)(H,38,39,40,41);2-30H2,1H3,(H,36,43)(H,39,44);20H,2-18H2,1H3,(H,30,31)(H,24,25,26,27)/t31-;;20-/m1.1/s1. The number of nitrogens with zero attached hydrogens (tertiary/aromatic N) is 9. The zero-order valence-electron chi connectivity index (χ0n) is 80.8. The molecule has 0 aromatic carbocycles. The summed E-state index contributed by atoms with van der Waals surface area (Å²) < 4.78 is 68.8. The monoisotopic (exact) mass is 1910 g/mol. The van der Waals surface area contributed by atoms with Crippen LogP contribution in [0.25, 0.3) is 0 Å². The number of aromatic nitrogens is 8. The van der Waals surface area contributed by atoms with Crippen molar-refractivity contribution in [3.05, 3.63) is 11.6 Å². The number of sulfonamides is 1. The van der Waals surface area contributed by atoms with Crippen molar-refractivity contribution >= 4 is 85.9 Å². The quantitative estimate of drug-likeness (QED) is 0.0302. The topological polar surface area (TPSA) is 535 Å². The minimum atomic E-state index is -3.78. The van der Waals surface area contributed by atoms with Crippen molar-refractivity contribution in [3.8, 4) is 0 Å². The average molecular weight is 1910 g/mol. The van der Waals surface area contributed by atoms with Gasteiger partial charge >= 0.3 is 11.9 Å². The molecule has 7 N–H and O–H groups in total. The van der Waals surface area contributed by atoms with Crippen molar-refractivity contribution in [1.29, 1.82) is 0 Å². The fourth-order valence-electron chi connectivity index (χ4n) is 14.1. The maximum absolute atomic E-state index is 12.4. The molecule has 2 aromatic rings. The van der Waals surface area contributed by atoms with Crippen molar-refractivity contribution < 1.29 is 114 Å². The SMILES string of the molecule is CC(=O)CC[C@H](CC(=O)CCCCCCCCCCCCCCc1nn[nH]n1)C(=O)O.CC(=O)COCCOCCCC(=O)COCCOCCNC(=O)CCCS(=O)(=O)NC(=O)CCCCCCCCCCCCCCC1=NN=NC1.CC(=O)COCCOCCCC(=O)COCCOCCNC(=O)CC[C@H](CC(=O)CCCCCCCCCCCCCCc1nn[nH]n1)C(=O)O. The van der Waals surface area contributed by atoms with Crippen LogP contribution in [0.1, 0.15) is 366 Å². The Morgan fingerprint density at radius 3 is 1.02 bits per heavy atom. The Morgan fingerprint density at radius 1 is 0.338 bits per heavy atom. The second-order valence-corrected chi connectivity index (χ2v) is 36.1. The molecule has 0 saturated heterocycles. The second-order valence-electron chi connectivity index (χ2n) is 34.3. The number of nitrogens with one attached hydrogen (secondary N) is 5. The first-order valence-corrected chi connectivity index (χ1v) is 51.2. The number of carbonyl (C=O) groups is 12. The second kappa shape index (κ2) is 89.3. The summed E-state index contributed by atoms with van der Waals surface area (Å²) in [5, 5.41) is 63.5. The first-order valence-electron chi connectivity index (χ1n) is 49.5. The van der Waals surface area contributed by atoms with E-state index in [1.54, 1.807) is 0 Å². The molecule has 3 heterocycles. The van der Waals surface area contributed by atoms with E-state index in [4.69, 9.17) is 37.9 Å². The van der Waals surface area contributed by atoms with Gasteiger partial charge in [-0.15, -0.1) is 25.5 Å². The summed E-state index contributed by atoms with van der Waals surface area (Å²) in [5.41, 5.74) is 1.10. The number of H-pyrrole nitrogens is 2. The molecule has 2 atom stereocenters. The Morgan fingerprint density at radius 2 is 0.662 bits per heavy atom. The van der Waals surface area contributed by atoms with Crippen LogP contribution in [-0.4, -0.2) is 267 Å². The molecule has 0 spiro atoms. The minimum Gasteiger partial charge on any atom is -0.481 e. The summed E-state index contributed by atoms with van der Waals surface area (Å²) in [6, 6.07) is 0. The van der Waals surface area contributed by atoms with E-state index in [-0.39, 0.29) is 195 Å². The highest BCUT2D eigenvalue weighted by Gasteiger charge is 2.24. The normalized spacial score (nSPS) is 12.2. The number of ether oxygens (including phenoxy) is 8. The molecule has 2 aromatic heterocycles. The number of ketones is 7. The summed E-state index contributed by atoms with van der Waals surface area (Å²) in [5.74, 6) is -3.65. The van der Waals surface area contributed by atoms with Crippen LogP contribution < -0.4 is 15.4 Å². The van der Waals surface area contributed by atoms with Crippen molar-refractivity contribution in [1.82, 2.24) is 56.6 Å². The van der Waals surface area contributed by atoms with Crippen molar-refractivity contribution in [2.45, 2.75) is 367 Å². The van der Waals surface area contributed by atoms with Gasteiger partial charge in [-0.25, -0.2) is 8.42 Å². The predicted molar refractivity (Wildman–Crippen MR) is 502 cm³/mol. The lowest BCUT2D eigenvalue weighted by Crippen LogP contribution is -2.33. The lowest BCUT2D eigenvalue weighted by atomic mass is 9.94. The van der Waals surface area contributed by atoms with Crippen molar-refractivity contribution in [2.24, 2.45) is 27.3 Å². The highest BCUT2D eigenvalue weighted by molar-refractivity contribution is 7.90. The van der Waals surface area contributed by atoms with Crippen LogP contribution in [0, 0.1) is 11.8 Å². The van der Waals surface area contributed by atoms with E-state index in [0.29, 0.717) is 91.1 Å². The largest absolute Gasteiger partial charge is 0.481 e. The van der Waals surface area contributed by atoms with Crippen LogP contribution in [0.15, 0.2) is 15.4 Å². The van der Waals surface area contributed by atoms with Gasteiger partial charge in [-0.3, -0.25) is 57.5 Å². The summed E-state index contributed by atoms with van der Waals surface area (Å²) in [4.78, 5) is 140. The average Bonchev–Trinajstić information content (AvgIpc) is 1.12. The molecule has 762 valence electrons. The van der Waals surface area contributed by atoms with Gasteiger partial charge in [-0.05, 0) is 103 Å². The van der Waals surface area contributed by atoms with E-state index in [1.165, 1.54) is 168 Å². The molecule has 0 bridgehead atoms. The smallest absolute Gasteiger partial charge is 0.306 e. The molecule has 38 nitrogen and oxygen atoms in total. The van der Waals surface area contributed by atoms with Gasteiger partial charge in [0.25, 0.3) is 0 Å². The van der Waals surface area contributed by atoms with Crippen LogP contribution >= 0.6 is 0 Å². The number of aromatic amines is 2. The zero-order valence-corrected chi connectivity index (χ0v) is 81.6. The number of unbranched alkanes of at least 4 members (excludes halogenated alkanes) is 33.